The molecular formula is C18H29N3. The summed E-state index contributed by atoms with van der Waals surface area (Å²) in [7, 11) is 0. The lowest BCUT2D eigenvalue weighted by molar-refractivity contribution is 0.255. The number of hydrogen-bond acceptors (Lipinski definition) is 3. The van der Waals surface area contributed by atoms with E-state index in [-0.39, 0.29) is 5.41 Å². The van der Waals surface area contributed by atoms with Crippen LogP contribution in [0.25, 0.3) is 0 Å². The van der Waals surface area contributed by atoms with Gasteiger partial charge >= 0.3 is 0 Å². The van der Waals surface area contributed by atoms with Gasteiger partial charge in [-0.3, -0.25) is 4.90 Å². The molecule has 2 N–H and O–H groups in total. The van der Waals surface area contributed by atoms with Gasteiger partial charge in [0, 0.05) is 12.2 Å². The van der Waals surface area contributed by atoms with Crippen molar-refractivity contribution in [2.24, 2.45) is 5.41 Å². The third-order valence-corrected chi connectivity index (χ3v) is 3.82. The maximum atomic E-state index is 9.04. The third kappa shape index (κ3) is 6.64. The Balaban J connectivity index is 2.44. The van der Waals surface area contributed by atoms with E-state index in [9.17, 15) is 0 Å². The first-order valence-electron chi connectivity index (χ1n) is 7.95. The molecule has 21 heavy (non-hydrogen) atoms. The Labute approximate surface area is 129 Å². The number of unbranched alkanes of at least 4 members (excludes halogenated alkanes) is 1. The molecule has 1 aromatic carbocycles. The number of hydrogen-bond donors (Lipinski definition) is 1. The molecular weight excluding hydrogens is 258 g/mol. The van der Waals surface area contributed by atoms with Crippen molar-refractivity contribution in [1.29, 1.82) is 5.26 Å². The highest BCUT2D eigenvalue weighted by atomic mass is 15.1. The highest BCUT2D eigenvalue weighted by molar-refractivity contribution is 5.46. The van der Waals surface area contributed by atoms with Gasteiger partial charge < -0.3 is 5.73 Å². The Morgan fingerprint density at radius 3 is 2.52 bits per heavy atom. The van der Waals surface area contributed by atoms with E-state index in [2.05, 4.69) is 24.0 Å². The molecule has 1 aromatic rings. The van der Waals surface area contributed by atoms with Gasteiger partial charge in [0.2, 0.25) is 0 Å². The molecule has 0 saturated carbocycles. The Morgan fingerprint density at radius 1 is 1.19 bits per heavy atom. The summed E-state index contributed by atoms with van der Waals surface area (Å²) in [5.74, 6) is 0. The van der Waals surface area contributed by atoms with Gasteiger partial charge in [-0.15, -0.1) is 0 Å². The first-order chi connectivity index (χ1) is 9.98. The van der Waals surface area contributed by atoms with E-state index in [0.717, 1.165) is 51.0 Å². The molecule has 0 unspecified atom stereocenters. The van der Waals surface area contributed by atoms with Gasteiger partial charge in [0.1, 0.15) is 0 Å². The van der Waals surface area contributed by atoms with E-state index < -0.39 is 0 Å². The zero-order valence-corrected chi connectivity index (χ0v) is 13.7. The molecule has 3 nitrogen and oxygen atoms in total. The summed E-state index contributed by atoms with van der Waals surface area (Å²) in [6.45, 7) is 9.32. The topological polar surface area (TPSA) is 53.0 Å². The van der Waals surface area contributed by atoms with Crippen LogP contribution in [-0.4, -0.2) is 18.0 Å². The second kappa shape index (κ2) is 8.69. The van der Waals surface area contributed by atoms with Gasteiger partial charge in [0.05, 0.1) is 11.5 Å². The smallest absolute Gasteiger partial charge is 0.0683 e. The van der Waals surface area contributed by atoms with Crippen LogP contribution in [0.1, 0.15) is 52.0 Å². The van der Waals surface area contributed by atoms with Crippen LogP contribution in [0.15, 0.2) is 24.3 Å². The van der Waals surface area contributed by atoms with E-state index in [1.54, 1.807) is 0 Å². The fourth-order valence-corrected chi connectivity index (χ4v) is 2.46. The van der Waals surface area contributed by atoms with Gasteiger partial charge in [0.15, 0.2) is 0 Å². The van der Waals surface area contributed by atoms with Crippen molar-refractivity contribution in [3.63, 3.8) is 0 Å². The van der Waals surface area contributed by atoms with Gasteiger partial charge in [-0.25, -0.2) is 0 Å². The fraction of sp³-hybridized carbons (Fsp3) is 0.611. The molecule has 0 aliphatic heterocycles. The minimum absolute atomic E-state index is 0.195. The van der Waals surface area contributed by atoms with Crippen molar-refractivity contribution in [3.05, 3.63) is 29.8 Å². The molecule has 116 valence electrons. The number of nitriles is 1. The number of nitrogen functional groups attached to an aromatic ring is 1. The number of para-hydroxylation sites is 1. The molecule has 0 saturated heterocycles. The predicted octanol–water partition coefficient (Wildman–Crippen LogP) is 4.20. The highest BCUT2D eigenvalue weighted by Gasteiger charge is 2.16. The maximum absolute atomic E-state index is 9.04. The quantitative estimate of drug-likeness (QED) is 0.547. The monoisotopic (exact) mass is 287 g/mol. The van der Waals surface area contributed by atoms with E-state index >= 15 is 0 Å². The largest absolute Gasteiger partial charge is 0.398 e. The first kappa shape index (κ1) is 17.5. The molecule has 0 heterocycles. The summed E-state index contributed by atoms with van der Waals surface area (Å²) >= 11 is 0. The van der Waals surface area contributed by atoms with Crippen LogP contribution in [0.2, 0.25) is 0 Å². The number of rotatable bonds is 9. The second-order valence-electron chi connectivity index (χ2n) is 6.43. The second-order valence-corrected chi connectivity index (χ2v) is 6.43. The van der Waals surface area contributed by atoms with Crippen molar-refractivity contribution >= 4 is 5.69 Å². The minimum Gasteiger partial charge on any atom is -0.398 e. The highest BCUT2D eigenvalue weighted by Crippen LogP contribution is 2.22. The lowest BCUT2D eigenvalue weighted by Crippen LogP contribution is -2.26. The zero-order valence-electron chi connectivity index (χ0n) is 13.7. The number of benzene rings is 1. The lowest BCUT2D eigenvalue weighted by atomic mass is 9.89. The van der Waals surface area contributed by atoms with Gasteiger partial charge in [0.25, 0.3) is 0 Å². The Morgan fingerprint density at radius 2 is 1.90 bits per heavy atom. The summed E-state index contributed by atoms with van der Waals surface area (Å²) in [5.41, 5.74) is 7.93. The van der Waals surface area contributed by atoms with E-state index in [4.69, 9.17) is 11.0 Å². The average Bonchev–Trinajstić information content (AvgIpc) is 2.46. The molecule has 0 aromatic heterocycles. The minimum atomic E-state index is -0.195. The zero-order chi connectivity index (χ0) is 15.7. The maximum Gasteiger partial charge on any atom is 0.0683 e. The van der Waals surface area contributed by atoms with Crippen molar-refractivity contribution < 1.29 is 0 Å². The van der Waals surface area contributed by atoms with Crippen molar-refractivity contribution in [1.82, 2.24) is 4.90 Å². The standard InChI is InChI=1S/C18H29N3/c1-4-12-21(13-8-7-11-18(2,3)15-19)14-16-9-5-6-10-17(16)20/h5-6,9-10H,4,7-8,11-14,20H2,1-3H3. The van der Waals surface area contributed by atoms with Crippen LogP contribution in [0.5, 0.6) is 0 Å². The molecule has 0 spiro atoms. The van der Waals surface area contributed by atoms with E-state index in [1.807, 2.05) is 32.0 Å². The third-order valence-electron chi connectivity index (χ3n) is 3.82. The Kier molecular flexibility index (Phi) is 7.25. The van der Waals surface area contributed by atoms with Crippen LogP contribution in [0.4, 0.5) is 5.69 Å². The summed E-state index contributed by atoms with van der Waals surface area (Å²) in [6.07, 6.45) is 4.36. The lowest BCUT2D eigenvalue weighted by Gasteiger charge is -2.23. The summed E-state index contributed by atoms with van der Waals surface area (Å²) in [5, 5.41) is 9.04. The summed E-state index contributed by atoms with van der Waals surface area (Å²) in [4.78, 5) is 2.46. The number of nitrogens with two attached hydrogens (primary N) is 1. The summed E-state index contributed by atoms with van der Waals surface area (Å²) in [6, 6.07) is 10.5. The molecule has 0 aliphatic rings. The number of anilines is 1. The average molecular weight is 287 g/mol. The van der Waals surface area contributed by atoms with Crippen LogP contribution >= 0.6 is 0 Å². The molecule has 0 atom stereocenters. The normalized spacial score (nSPS) is 11.6. The van der Waals surface area contributed by atoms with Gasteiger partial charge in [-0.05, 0) is 57.8 Å². The van der Waals surface area contributed by atoms with Crippen molar-refractivity contribution in [2.75, 3.05) is 18.8 Å². The molecule has 0 radical (unpaired) electrons. The summed E-state index contributed by atoms with van der Waals surface area (Å²) < 4.78 is 0. The Bertz CT molecular complexity index is 460. The Hall–Kier alpha value is -1.53. The van der Waals surface area contributed by atoms with Gasteiger partial charge in [-0.2, -0.15) is 5.26 Å². The molecule has 3 heteroatoms. The molecule has 0 fully saturated rings. The van der Waals surface area contributed by atoms with Crippen molar-refractivity contribution in [3.8, 4) is 6.07 Å². The van der Waals surface area contributed by atoms with Gasteiger partial charge in [-0.1, -0.05) is 31.5 Å². The predicted molar refractivity (Wildman–Crippen MR) is 89.7 cm³/mol. The molecule has 1 rings (SSSR count). The van der Waals surface area contributed by atoms with Crippen molar-refractivity contribution in [2.45, 2.75) is 53.0 Å². The molecule has 0 bridgehead atoms. The van der Waals surface area contributed by atoms with Crippen LogP contribution in [-0.2, 0) is 6.54 Å². The SMILES string of the molecule is CCCN(CCCCC(C)(C)C#N)Cc1ccccc1N. The fourth-order valence-electron chi connectivity index (χ4n) is 2.46. The first-order valence-corrected chi connectivity index (χ1v) is 7.95. The number of nitrogens with zero attached hydrogens (tertiary/aromatic N) is 2. The van der Waals surface area contributed by atoms with Crippen LogP contribution < -0.4 is 5.73 Å². The van der Waals surface area contributed by atoms with E-state index in [0.29, 0.717) is 0 Å². The molecule has 0 amide bonds. The van der Waals surface area contributed by atoms with E-state index in [1.165, 1.54) is 5.56 Å². The van der Waals surface area contributed by atoms with Crippen LogP contribution in [0.3, 0.4) is 0 Å². The molecule has 0 aliphatic carbocycles. The van der Waals surface area contributed by atoms with Crippen LogP contribution in [0, 0.1) is 16.7 Å².